The van der Waals surface area contributed by atoms with Crippen LogP contribution in [0.2, 0.25) is 0 Å². The molecule has 0 amide bonds. The summed E-state index contributed by atoms with van der Waals surface area (Å²) < 4.78 is 0. The second kappa shape index (κ2) is 2.98. The first-order valence-electron chi connectivity index (χ1n) is 4.47. The van der Waals surface area contributed by atoms with Crippen LogP contribution in [0, 0.1) is 0 Å². The van der Waals surface area contributed by atoms with E-state index < -0.39 is 0 Å². The van der Waals surface area contributed by atoms with E-state index in [9.17, 15) is 0 Å². The van der Waals surface area contributed by atoms with Gasteiger partial charge in [-0.1, -0.05) is 0 Å². The number of rotatable bonds is 0. The van der Waals surface area contributed by atoms with Crippen molar-refractivity contribution in [3.63, 3.8) is 0 Å². The minimum Gasteiger partial charge on any atom is -0.282 e. The van der Waals surface area contributed by atoms with Crippen molar-refractivity contribution in [1.29, 1.82) is 0 Å². The molecule has 0 spiro atoms. The molecule has 3 nitrogen and oxygen atoms in total. The maximum Gasteiger partial charge on any atom is 0.0721 e. The molecule has 0 unspecified atom stereocenters. The SMILES string of the molecule is CC1(C)CCON(C(C)(C)C)[N]1. The first kappa shape index (κ1) is 9.96. The molecule has 0 aromatic heterocycles. The monoisotopic (exact) mass is 171 g/mol. The molecule has 1 saturated heterocycles. The lowest BCUT2D eigenvalue weighted by molar-refractivity contribution is -0.288. The zero-order chi connectivity index (χ0) is 9.41. The topological polar surface area (TPSA) is 26.6 Å². The number of hydrogen-bond donors (Lipinski definition) is 0. The van der Waals surface area contributed by atoms with Crippen LogP contribution in [0.15, 0.2) is 0 Å². The first-order chi connectivity index (χ1) is 5.31. The Kier molecular flexibility index (Phi) is 2.47. The van der Waals surface area contributed by atoms with Gasteiger partial charge in [0.15, 0.2) is 0 Å². The standard InChI is InChI=1S/C9H19N2O/c1-8(2,3)11-10-9(4,5)6-7-12-11/h6-7H2,1-5H3. The van der Waals surface area contributed by atoms with Crippen LogP contribution in [0.25, 0.3) is 0 Å². The molecule has 12 heavy (non-hydrogen) atoms. The van der Waals surface area contributed by atoms with Gasteiger partial charge in [0.1, 0.15) is 0 Å². The predicted molar refractivity (Wildman–Crippen MR) is 48.4 cm³/mol. The van der Waals surface area contributed by atoms with Gasteiger partial charge in [0, 0.05) is 0 Å². The van der Waals surface area contributed by atoms with E-state index in [2.05, 4.69) is 40.0 Å². The van der Waals surface area contributed by atoms with Crippen molar-refractivity contribution >= 4 is 0 Å². The molecule has 0 aromatic rings. The average molecular weight is 171 g/mol. The third kappa shape index (κ3) is 2.44. The van der Waals surface area contributed by atoms with E-state index >= 15 is 0 Å². The third-order valence-corrected chi connectivity index (χ3v) is 1.86. The van der Waals surface area contributed by atoms with Gasteiger partial charge in [0.25, 0.3) is 0 Å². The van der Waals surface area contributed by atoms with Crippen molar-refractivity contribution in [2.45, 2.75) is 52.1 Å². The Balaban J connectivity index is 2.58. The highest BCUT2D eigenvalue weighted by Gasteiger charge is 2.34. The van der Waals surface area contributed by atoms with Gasteiger partial charge in [0.05, 0.1) is 17.7 Å². The Labute approximate surface area is 75.0 Å². The molecule has 71 valence electrons. The summed E-state index contributed by atoms with van der Waals surface area (Å²) in [6.07, 6.45) is 1.000. The molecule has 0 saturated carbocycles. The fraction of sp³-hybridized carbons (Fsp3) is 1.00. The van der Waals surface area contributed by atoms with Crippen LogP contribution < -0.4 is 5.43 Å². The van der Waals surface area contributed by atoms with E-state index in [1.54, 1.807) is 5.17 Å². The molecule has 0 aromatic carbocycles. The lowest BCUT2D eigenvalue weighted by atomic mass is 10.0. The lowest BCUT2D eigenvalue weighted by Gasteiger charge is -2.42. The zero-order valence-electron chi connectivity index (χ0n) is 8.72. The van der Waals surface area contributed by atoms with Gasteiger partial charge in [-0.2, -0.15) is 0 Å². The van der Waals surface area contributed by atoms with E-state index in [-0.39, 0.29) is 11.1 Å². The fourth-order valence-electron chi connectivity index (χ4n) is 1.05. The van der Waals surface area contributed by atoms with Crippen molar-refractivity contribution in [1.82, 2.24) is 10.6 Å². The van der Waals surface area contributed by atoms with Gasteiger partial charge in [-0.15, -0.1) is 10.6 Å². The molecule has 1 aliphatic rings. The van der Waals surface area contributed by atoms with Crippen LogP contribution >= 0.6 is 0 Å². The van der Waals surface area contributed by atoms with Gasteiger partial charge in [-0.25, -0.2) is 0 Å². The van der Waals surface area contributed by atoms with Crippen LogP contribution in [-0.2, 0) is 4.84 Å². The Bertz CT molecular complexity index is 157. The molecule has 1 fully saturated rings. The molecule has 1 rings (SSSR count). The van der Waals surface area contributed by atoms with Gasteiger partial charge < -0.3 is 0 Å². The van der Waals surface area contributed by atoms with Crippen LogP contribution in [0.5, 0.6) is 0 Å². The van der Waals surface area contributed by atoms with Crippen LogP contribution in [-0.4, -0.2) is 22.9 Å². The Hall–Kier alpha value is -0.120. The highest BCUT2D eigenvalue weighted by molar-refractivity contribution is 4.80. The van der Waals surface area contributed by atoms with Gasteiger partial charge in [-0.05, 0) is 41.0 Å². The number of hydroxylamine groups is 1. The highest BCUT2D eigenvalue weighted by atomic mass is 16.7. The normalized spacial score (nSPS) is 25.8. The summed E-state index contributed by atoms with van der Waals surface area (Å²) >= 11 is 0. The Morgan fingerprint density at radius 3 is 2.25 bits per heavy atom. The summed E-state index contributed by atoms with van der Waals surface area (Å²) in [6.45, 7) is 11.3. The molecule has 0 bridgehead atoms. The molecule has 0 N–H and O–H groups in total. The largest absolute Gasteiger partial charge is 0.282 e. The number of hydrogen-bond acceptors (Lipinski definition) is 2. The summed E-state index contributed by atoms with van der Waals surface area (Å²) in [5.74, 6) is 0. The van der Waals surface area contributed by atoms with E-state index in [0.29, 0.717) is 0 Å². The van der Waals surface area contributed by atoms with E-state index in [4.69, 9.17) is 4.84 Å². The molecule has 1 aliphatic heterocycles. The molecule has 0 aliphatic carbocycles. The average Bonchev–Trinajstić information content (AvgIpc) is 1.83. The third-order valence-electron chi connectivity index (χ3n) is 1.86. The summed E-state index contributed by atoms with van der Waals surface area (Å²) in [6, 6.07) is 0. The Morgan fingerprint density at radius 2 is 1.92 bits per heavy atom. The van der Waals surface area contributed by atoms with Crippen molar-refractivity contribution in [2.24, 2.45) is 0 Å². The maximum atomic E-state index is 5.44. The minimum absolute atomic E-state index is 0.0301. The van der Waals surface area contributed by atoms with Crippen LogP contribution in [0.3, 0.4) is 0 Å². The summed E-state index contributed by atoms with van der Waals surface area (Å²) in [5, 5.41) is 1.73. The quantitative estimate of drug-likeness (QED) is 0.555. The van der Waals surface area contributed by atoms with Gasteiger partial charge in [-0.3, -0.25) is 4.84 Å². The second-order valence-corrected chi connectivity index (χ2v) is 4.94. The van der Waals surface area contributed by atoms with Crippen molar-refractivity contribution < 1.29 is 4.84 Å². The molecular formula is C9H19N2O. The first-order valence-corrected chi connectivity index (χ1v) is 4.47. The highest BCUT2D eigenvalue weighted by Crippen LogP contribution is 2.23. The summed E-state index contributed by atoms with van der Waals surface area (Å²) in [5.41, 5.74) is 4.50. The van der Waals surface area contributed by atoms with E-state index in [1.165, 1.54) is 0 Å². The van der Waals surface area contributed by atoms with E-state index in [0.717, 1.165) is 13.0 Å². The fourth-order valence-corrected chi connectivity index (χ4v) is 1.05. The van der Waals surface area contributed by atoms with Crippen LogP contribution in [0.4, 0.5) is 0 Å². The van der Waals surface area contributed by atoms with Gasteiger partial charge >= 0.3 is 0 Å². The number of nitrogens with zero attached hydrogens (tertiary/aromatic N) is 2. The Morgan fingerprint density at radius 1 is 1.33 bits per heavy atom. The molecule has 1 heterocycles. The van der Waals surface area contributed by atoms with Crippen LogP contribution in [0.1, 0.15) is 41.0 Å². The van der Waals surface area contributed by atoms with Crippen molar-refractivity contribution in [2.75, 3.05) is 6.61 Å². The van der Waals surface area contributed by atoms with Crippen molar-refractivity contribution in [3.05, 3.63) is 0 Å². The second-order valence-electron chi connectivity index (χ2n) is 4.94. The molecule has 3 heteroatoms. The molecule has 0 atom stereocenters. The smallest absolute Gasteiger partial charge is 0.0721 e. The predicted octanol–water partition coefficient (Wildman–Crippen LogP) is 1.72. The summed E-state index contributed by atoms with van der Waals surface area (Å²) in [7, 11) is 0. The van der Waals surface area contributed by atoms with Crippen molar-refractivity contribution in [3.8, 4) is 0 Å². The lowest BCUT2D eigenvalue weighted by Crippen LogP contribution is -2.57. The molecular weight excluding hydrogens is 152 g/mol. The van der Waals surface area contributed by atoms with E-state index in [1.807, 2.05) is 0 Å². The van der Waals surface area contributed by atoms with Gasteiger partial charge in [0.2, 0.25) is 0 Å². The minimum atomic E-state index is -0.0301. The zero-order valence-corrected chi connectivity index (χ0v) is 8.72. The molecule has 1 radical (unpaired) electrons. The maximum absolute atomic E-state index is 5.44. The summed E-state index contributed by atoms with van der Waals surface area (Å²) in [4.78, 5) is 5.44.